The van der Waals surface area contributed by atoms with Gasteiger partial charge in [-0.25, -0.2) is 0 Å². The van der Waals surface area contributed by atoms with Crippen LogP contribution in [-0.4, -0.2) is 17.5 Å². The lowest BCUT2D eigenvalue weighted by Crippen LogP contribution is -2.59. The van der Waals surface area contributed by atoms with E-state index in [1.165, 1.54) is 10.8 Å². The first-order valence-electron chi connectivity index (χ1n) is 7.87. The fourth-order valence-corrected chi connectivity index (χ4v) is 4.07. The van der Waals surface area contributed by atoms with Crippen LogP contribution in [0.25, 0.3) is 10.8 Å². The third kappa shape index (κ3) is 1.88. The minimum Gasteiger partial charge on any atom is -0.465 e. The Kier molecular flexibility index (Phi) is 2.57. The van der Waals surface area contributed by atoms with Crippen molar-refractivity contribution < 1.29 is 4.74 Å². The molecule has 3 heteroatoms. The number of hydrogen-bond donors (Lipinski definition) is 1. The highest BCUT2D eigenvalue weighted by Crippen LogP contribution is 2.49. The molecule has 0 aromatic heterocycles. The third-order valence-corrected chi connectivity index (χ3v) is 4.90. The molecule has 2 aromatic rings. The van der Waals surface area contributed by atoms with Gasteiger partial charge in [-0.1, -0.05) is 38.1 Å². The van der Waals surface area contributed by atoms with E-state index in [2.05, 4.69) is 63.3 Å². The predicted octanol–water partition coefficient (Wildman–Crippen LogP) is 4.43. The summed E-state index contributed by atoms with van der Waals surface area (Å²) in [6, 6.07) is 12.5. The number of fused-ring (bicyclic) bond motifs is 2. The van der Waals surface area contributed by atoms with Crippen molar-refractivity contribution in [2.75, 3.05) is 0 Å². The second kappa shape index (κ2) is 4.11. The van der Waals surface area contributed by atoms with Crippen molar-refractivity contribution in [1.29, 1.82) is 0 Å². The molecule has 1 N–H and O–H groups in total. The minimum atomic E-state index is -0.536. The molecule has 2 heterocycles. The van der Waals surface area contributed by atoms with Crippen LogP contribution in [0.15, 0.2) is 41.4 Å². The zero-order chi connectivity index (χ0) is 15.6. The van der Waals surface area contributed by atoms with E-state index < -0.39 is 5.72 Å². The first-order chi connectivity index (χ1) is 10.3. The molecule has 1 saturated heterocycles. The number of aliphatic imine (C=N–C) groups is 1. The first kappa shape index (κ1) is 13.8. The Hall–Kier alpha value is -1.87. The lowest BCUT2D eigenvalue weighted by atomic mass is 9.79. The molecule has 1 fully saturated rings. The Balaban J connectivity index is 1.84. The summed E-state index contributed by atoms with van der Waals surface area (Å²) in [7, 11) is 0. The van der Waals surface area contributed by atoms with Gasteiger partial charge in [0.2, 0.25) is 5.72 Å². The topological polar surface area (TPSA) is 33.6 Å². The summed E-state index contributed by atoms with van der Waals surface area (Å²) in [5, 5.41) is 6.03. The number of hydrogen-bond acceptors (Lipinski definition) is 3. The molecule has 4 rings (SSSR count). The number of nitrogens with one attached hydrogen (secondary N) is 1. The summed E-state index contributed by atoms with van der Waals surface area (Å²) in [5.41, 5.74) is 0.380. The van der Waals surface area contributed by atoms with Gasteiger partial charge in [0.1, 0.15) is 11.4 Å². The van der Waals surface area contributed by atoms with Gasteiger partial charge in [0, 0.05) is 11.0 Å². The molecule has 1 atom stereocenters. The van der Waals surface area contributed by atoms with Crippen LogP contribution in [-0.2, 0) is 0 Å². The third-order valence-electron chi connectivity index (χ3n) is 4.90. The van der Waals surface area contributed by atoms with Crippen molar-refractivity contribution in [2.24, 2.45) is 10.4 Å². The normalized spacial score (nSPS) is 27.8. The molecule has 0 bridgehead atoms. The zero-order valence-corrected chi connectivity index (χ0v) is 13.6. The van der Waals surface area contributed by atoms with Gasteiger partial charge in [-0.3, -0.25) is 10.3 Å². The van der Waals surface area contributed by atoms with Crippen LogP contribution >= 0.6 is 0 Å². The van der Waals surface area contributed by atoms with Crippen molar-refractivity contribution in [3.8, 4) is 5.75 Å². The molecule has 2 aliphatic rings. The highest BCUT2D eigenvalue weighted by atomic mass is 16.5. The fourth-order valence-electron chi connectivity index (χ4n) is 4.07. The van der Waals surface area contributed by atoms with Crippen molar-refractivity contribution in [3.63, 3.8) is 0 Å². The Bertz CT molecular complexity index is 791. The monoisotopic (exact) mass is 294 g/mol. The number of ether oxygens (including phenoxy) is 1. The van der Waals surface area contributed by atoms with Gasteiger partial charge in [0.25, 0.3) is 0 Å². The molecule has 0 radical (unpaired) electrons. The molecule has 22 heavy (non-hydrogen) atoms. The maximum Gasteiger partial charge on any atom is 0.202 e. The molecular weight excluding hydrogens is 272 g/mol. The van der Waals surface area contributed by atoms with E-state index in [1.54, 1.807) is 0 Å². The Morgan fingerprint density at radius 1 is 1.05 bits per heavy atom. The van der Waals surface area contributed by atoms with E-state index in [1.807, 2.05) is 12.3 Å². The maximum atomic E-state index is 6.48. The largest absolute Gasteiger partial charge is 0.465 e. The molecule has 0 saturated carbocycles. The van der Waals surface area contributed by atoms with E-state index in [0.717, 1.165) is 17.9 Å². The molecule has 3 nitrogen and oxygen atoms in total. The summed E-state index contributed by atoms with van der Waals surface area (Å²) >= 11 is 0. The minimum absolute atomic E-state index is 0.0245. The van der Waals surface area contributed by atoms with Crippen molar-refractivity contribution in [2.45, 2.75) is 45.4 Å². The van der Waals surface area contributed by atoms with Crippen LogP contribution in [0.3, 0.4) is 0 Å². The average molecular weight is 294 g/mol. The number of rotatable bonds is 0. The number of benzene rings is 2. The van der Waals surface area contributed by atoms with Crippen LogP contribution in [0.4, 0.5) is 5.69 Å². The Morgan fingerprint density at radius 3 is 2.36 bits per heavy atom. The Labute approximate surface area is 131 Å². The fraction of sp³-hybridized carbons (Fsp3) is 0.421. The molecule has 0 aliphatic carbocycles. The summed E-state index contributed by atoms with van der Waals surface area (Å²) < 4.78 is 6.48. The van der Waals surface area contributed by atoms with Crippen molar-refractivity contribution in [1.82, 2.24) is 5.32 Å². The zero-order valence-electron chi connectivity index (χ0n) is 13.6. The lowest BCUT2D eigenvalue weighted by molar-refractivity contribution is 0.0287. The van der Waals surface area contributed by atoms with E-state index in [9.17, 15) is 0 Å². The van der Waals surface area contributed by atoms with Crippen molar-refractivity contribution >= 4 is 22.7 Å². The van der Waals surface area contributed by atoms with Gasteiger partial charge in [-0.15, -0.1) is 0 Å². The van der Waals surface area contributed by atoms with Gasteiger partial charge in [-0.2, -0.15) is 0 Å². The first-order valence-corrected chi connectivity index (χ1v) is 7.87. The van der Waals surface area contributed by atoms with E-state index in [0.29, 0.717) is 0 Å². The molecule has 0 amide bonds. The van der Waals surface area contributed by atoms with Gasteiger partial charge < -0.3 is 4.74 Å². The quantitative estimate of drug-likeness (QED) is 0.780. The smallest absolute Gasteiger partial charge is 0.202 e. The molecule has 2 aromatic carbocycles. The van der Waals surface area contributed by atoms with Crippen LogP contribution in [0, 0.1) is 5.41 Å². The van der Waals surface area contributed by atoms with E-state index in [4.69, 9.17) is 9.73 Å². The average Bonchev–Trinajstić information content (AvgIpc) is 2.60. The summed E-state index contributed by atoms with van der Waals surface area (Å²) in [6.07, 6.45) is 2.99. The summed E-state index contributed by atoms with van der Waals surface area (Å²) in [6.45, 7) is 8.92. The highest BCUT2D eigenvalue weighted by Gasteiger charge is 2.57. The van der Waals surface area contributed by atoms with Crippen LogP contribution < -0.4 is 10.1 Å². The Morgan fingerprint density at radius 2 is 1.73 bits per heavy atom. The van der Waals surface area contributed by atoms with Crippen LogP contribution in [0.2, 0.25) is 0 Å². The molecule has 1 spiro atoms. The number of nitrogens with zero attached hydrogens (tertiary/aromatic N) is 1. The van der Waals surface area contributed by atoms with Gasteiger partial charge in [0.15, 0.2) is 0 Å². The second-order valence-corrected chi connectivity index (χ2v) is 7.83. The lowest BCUT2D eigenvalue weighted by Gasteiger charge is -2.40. The summed E-state index contributed by atoms with van der Waals surface area (Å²) in [4.78, 5) is 4.73. The second-order valence-electron chi connectivity index (χ2n) is 7.83. The standard InChI is InChI=1S/C19H22N2O/c1-17(2)11-18(3,4)21-19(17)12-20-15-9-13-7-5-6-8-14(13)10-16(15)22-19/h5-10,12,21H,11H2,1-4H3/t19-/m1/s1. The molecule has 114 valence electrons. The SMILES string of the molecule is CC1(C)CC(C)(C)[C@]2(C=Nc3cc4ccccc4cc3O2)N1. The summed E-state index contributed by atoms with van der Waals surface area (Å²) in [5.74, 6) is 0.861. The van der Waals surface area contributed by atoms with Gasteiger partial charge in [0.05, 0.1) is 6.21 Å². The molecular formula is C19H22N2O. The van der Waals surface area contributed by atoms with Crippen molar-refractivity contribution in [3.05, 3.63) is 36.4 Å². The van der Waals surface area contributed by atoms with Gasteiger partial charge >= 0.3 is 0 Å². The van der Waals surface area contributed by atoms with Crippen LogP contribution in [0.5, 0.6) is 5.75 Å². The van der Waals surface area contributed by atoms with E-state index in [-0.39, 0.29) is 11.0 Å². The molecule has 2 aliphatic heterocycles. The molecule has 0 unspecified atom stereocenters. The van der Waals surface area contributed by atoms with Crippen LogP contribution in [0.1, 0.15) is 34.1 Å². The highest BCUT2D eigenvalue weighted by molar-refractivity contribution is 5.90. The van der Waals surface area contributed by atoms with E-state index >= 15 is 0 Å². The van der Waals surface area contributed by atoms with Gasteiger partial charge in [-0.05, 0) is 43.2 Å². The predicted molar refractivity (Wildman–Crippen MR) is 91.1 cm³/mol. The maximum absolute atomic E-state index is 6.48.